The molecule has 2 aliphatic rings. The number of hydrogen-bond donors (Lipinski definition) is 1. The van der Waals surface area contributed by atoms with E-state index >= 15 is 0 Å². The van der Waals surface area contributed by atoms with E-state index in [1.807, 2.05) is 39.8 Å². The maximum Gasteiger partial charge on any atom is 0.253 e. The summed E-state index contributed by atoms with van der Waals surface area (Å²) in [6.07, 6.45) is 2.84. The molecule has 1 saturated heterocycles. The average molecular weight is 401 g/mol. The maximum absolute atomic E-state index is 13.3. The van der Waals surface area contributed by atoms with Crippen LogP contribution >= 0.6 is 0 Å². The molecular weight excluding hydrogens is 368 g/mol. The summed E-state index contributed by atoms with van der Waals surface area (Å²) >= 11 is 0. The Morgan fingerprint density at radius 2 is 1.90 bits per heavy atom. The van der Waals surface area contributed by atoms with E-state index in [-0.39, 0.29) is 36.3 Å². The van der Waals surface area contributed by atoms with E-state index in [0.29, 0.717) is 24.3 Å². The van der Waals surface area contributed by atoms with Gasteiger partial charge in [0, 0.05) is 31.2 Å². The number of rotatable bonds is 6. The molecule has 0 bridgehead atoms. The number of hydrogen-bond acceptors (Lipinski definition) is 4. The predicted octanol–water partition coefficient (Wildman–Crippen LogP) is 2.40. The van der Waals surface area contributed by atoms with Gasteiger partial charge in [-0.1, -0.05) is 0 Å². The average Bonchev–Trinajstić information content (AvgIpc) is 2.71. The fourth-order valence-electron chi connectivity index (χ4n) is 4.26. The van der Waals surface area contributed by atoms with E-state index in [2.05, 4.69) is 10.2 Å². The fourth-order valence-corrected chi connectivity index (χ4v) is 4.26. The van der Waals surface area contributed by atoms with Crippen LogP contribution in [-0.4, -0.2) is 60.9 Å². The molecule has 0 radical (unpaired) electrons. The van der Waals surface area contributed by atoms with Gasteiger partial charge in [0.05, 0.1) is 11.4 Å². The van der Waals surface area contributed by atoms with Gasteiger partial charge in [-0.2, -0.15) is 0 Å². The molecule has 2 aliphatic heterocycles. The fraction of sp³-hybridized carbons (Fsp3) is 0.591. The van der Waals surface area contributed by atoms with Crippen molar-refractivity contribution in [2.45, 2.75) is 59.0 Å². The molecule has 1 atom stereocenters. The molecule has 1 fully saturated rings. The van der Waals surface area contributed by atoms with Crippen LogP contribution in [0.1, 0.15) is 57.3 Å². The lowest BCUT2D eigenvalue weighted by molar-refractivity contribution is -0.125. The van der Waals surface area contributed by atoms with Crippen LogP contribution in [0.15, 0.2) is 18.2 Å². The Labute approximate surface area is 173 Å². The molecule has 0 aliphatic carbocycles. The number of nitrogens with one attached hydrogen (secondary N) is 1. The highest BCUT2D eigenvalue weighted by Crippen LogP contribution is 2.40. The van der Waals surface area contributed by atoms with Gasteiger partial charge < -0.3 is 15.1 Å². The van der Waals surface area contributed by atoms with Crippen LogP contribution in [-0.2, 0) is 9.59 Å². The van der Waals surface area contributed by atoms with Gasteiger partial charge in [0.25, 0.3) is 5.91 Å². The molecule has 0 spiro atoms. The van der Waals surface area contributed by atoms with Crippen molar-refractivity contribution in [3.63, 3.8) is 0 Å². The molecule has 29 heavy (non-hydrogen) atoms. The summed E-state index contributed by atoms with van der Waals surface area (Å²) in [4.78, 5) is 44.1. The zero-order valence-corrected chi connectivity index (χ0v) is 17.9. The topological polar surface area (TPSA) is 73.0 Å². The zero-order chi connectivity index (χ0) is 21.1. The summed E-state index contributed by atoms with van der Waals surface area (Å²) in [5.74, 6) is -0.301. The molecule has 0 unspecified atom stereocenters. The second kappa shape index (κ2) is 8.84. The number of benzene rings is 1. The lowest BCUT2D eigenvalue weighted by Gasteiger charge is -2.45. The molecule has 0 aromatic heterocycles. The molecule has 3 amide bonds. The van der Waals surface area contributed by atoms with Crippen molar-refractivity contribution >= 4 is 29.1 Å². The first kappa shape index (κ1) is 21.1. The van der Waals surface area contributed by atoms with Crippen LogP contribution in [0.2, 0.25) is 0 Å². The number of fused-ring (bicyclic) bond motifs is 3. The van der Waals surface area contributed by atoms with Crippen LogP contribution < -0.4 is 15.1 Å². The molecule has 1 aromatic carbocycles. The van der Waals surface area contributed by atoms with E-state index in [0.717, 1.165) is 31.5 Å². The zero-order valence-electron chi connectivity index (χ0n) is 17.9. The molecule has 158 valence electrons. The molecule has 7 heteroatoms. The van der Waals surface area contributed by atoms with Crippen molar-refractivity contribution in [3.05, 3.63) is 23.8 Å². The SMILES string of the molecule is CCN(CC)C(=O)c1ccc2c(c1)N(CC(=O)NC(C)C)C(=O)[C@H]1CCCCN21. The molecule has 1 N–H and O–H groups in total. The first-order chi connectivity index (χ1) is 13.9. The smallest absolute Gasteiger partial charge is 0.253 e. The van der Waals surface area contributed by atoms with E-state index in [1.165, 1.54) is 0 Å². The lowest BCUT2D eigenvalue weighted by Crippen LogP contribution is -2.57. The third-order valence-corrected chi connectivity index (χ3v) is 5.68. The standard InChI is InChI=1S/C22H32N4O3/c1-5-24(6-2)21(28)16-10-11-17-19(13-16)26(14-20(27)23-15(3)4)22(29)18-9-7-8-12-25(17)18/h10-11,13,15,18H,5-9,12,14H2,1-4H3,(H,23,27)/t18-/m1/s1. The van der Waals surface area contributed by atoms with Gasteiger partial charge in [-0.3, -0.25) is 19.3 Å². The summed E-state index contributed by atoms with van der Waals surface area (Å²) in [5.41, 5.74) is 2.14. The van der Waals surface area contributed by atoms with Gasteiger partial charge in [0.15, 0.2) is 0 Å². The summed E-state index contributed by atoms with van der Waals surface area (Å²) in [6.45, 7) is 9.73. The molecule has 2 heterocycles. The van der Waals surface area contributed by atoms with Crippen molar-refractivity contribution in [2.24, 2.45) is 0 Å². The van der Waals surface area contributed by atoms with Gasteiger partial charge in [-0.05, 0) is 65.2 Å². The molecule has 3 rings (SSSR count). The first-order valence-electron chi connectivity index (χ1n) is 10.7. The van der Waals surface area contributed by atoms with Gasteiger partial charge in [0.2, 0.25) is 11.8 Å². The lowest BCUT2D eigenvalue weighted by atomic mass is 9.95. The van der Waals surface area contributed by atoms with Gasteiger partial charge in [0.1, 0.15) is 12.6 Å². The van der Waals surface area contributed by atoms with Crippen LogP contribution in [0.4, 0.5) is 11.4 Å². The Balaban J connectivity index is 2.00. The quantitative estimate of drug-likeness (QED) is 0.796. The van der Waals surface area contributed by atoms with Crippen molar-refractivity contribution in [1.29, 1.82) is 0 Å². The van der Waals surface area contributed by atoms with Crippen molar-refractivity contribution < 1.29 is 14.4 Å². The van der Waals surface area contributed by atoms with E-state index in [9.17, 15) is 14.4 Å². The summed E-state index contributed by atoms with van der Waals surface area (Å²) in [6, 6.07) is 5.33. The molecule has 7 nitrogen and oxygen atoms in total. The third-order valence-electron chi connectivity index (χ3n) is 5.68. The van der Waals surface area contributed by atoms with Crippen molar-refractivity contribution in [3.8, 4) is 0 Å². The van der Waals surface area contributed by atoms with Gasteiger partial charge >= 0.3 is 0 Å². The van der Waals surface area contributed by atoms with Crippen LogP contribution in [0.3, 0.4) is 0 Å². The van der Waals surface area contributed by atoms with Gasteiger partial charge in [-0.15, -0.1) is 0 Å². The Kier molecular flexibility index (Phi) is 6.45. The maximum atomic E-state index is 13.3. The van der Waals surface area contributed by atoms with E-state index in [4.69, 9.17) is 0 Å². The number of nitrogens with zero attached hydrogens (tertiary/aromatic N) is 3. The Morgan fingerprint density at radius 1 is 1.17 bits per heavy atom. The summed E-state index contributed by atoms with van der Waals surface area (Å²) in [7, 11) is 0. The first-order valence-corrected chi connectivity index (χ1v) is 10.7. The van der Waals surface area contributed by atoms with Gasteiger partial charge in [-0.25, -0.2) is 0 Å². The number of anilines is 2. The number of piperidine rings is 1. The normalized spacial score (nSPS) is 18.4. The van der Waals surface area contributed by atoms with E-state index in [1.54, 1.807) is 15.9 Å². The highest BCUT2D eigenvalue weighted by atomic mass is 16.2. The number of carbonyl (C=O) groups excluding carboxylic acids is 3. The number of carbonyl (C=O) groups is 3. The minimum Gasteiger partial charge on any atom is -0.358 e. The minimum absolute atomic E-state index is 0.00335. The highest BCUT2D eigenvalue weighted by molar-refractivity contribution is 6.09. The largest absolute Gasteiger partial charge is 0.358 e. The second-order valence-corrected chi connectivity index (χ2v) is 8.03. The van der Waals surface area contributed by atoms with Crippen LogP contribution in [0.25, 0.3) is 0 Å². The summed E-state index contributed by atoms with van der Waals surface area (Å²) < 4.78 is 0. The molecule has 1 aromatic rings. The van der Waals surface area contributed by atoms with Crippen LogP contribution in [0.5, 0.6) is 0 Å². The highest BCUT2D eigenvalue weighted by Gasteiger charge is 2.40. The minimum atomic E-state index is -0.229. The van der Waals surface area contributed by atoms with Crippen molar-refractivity contribution in [1.82, 2.24) is 10.2 Å². The molecular formula is C22H32N4O3. The summed E-state index contributed by atoms with van der Waals surface area (Å²) in [5, 5.41) is 2.87. The second-order valence-electron chi connectivity index (χ2n) is 8.03. The van der Waals surface area contributed by atoms with E-state index < -0.39 is 0 Å². The predicted molar refractivity (Wildman–Crippen MR) is 114 cm³/mol. The van der Waals surface area contributed by atoms with Crippen molar-refractivity contribution in [2.75, 3.05) is 36.0 Å². The van der Waals surface area contributed by atoms with Crippen LogP contribution in [0, 0.1) is 0 Å². The third kappa shape index (κ3) is 4.23. The Morgan fingerprint density at radius 3 is 2.55 bits per heavy atom. The number of amides is 3. The molecule has 0 saturated carbocycles. The Hall–Kier alpha value is -2.57. The Bertz CT molecular complexity index is 788. The monoisotopic (exact) mass is 400 g/mol.